The van der Waals surface area contributed by atoms with Crippen LogP contribution in [0.4, 0.5) is 8.78 Å². The molecule has 5 heteroatoms. The largest absolute Gasteiger partial charge is 0.338 e. The van der Waals surface area contributed by atoms with Gasteiger partial charge in [0.25, 0.3) is 0 Å². The highest BCUT2D eigenvalue weighted by atomic mass is 35.5. The zero-order valence-corrected chi connectivity index (χ0v) is 7.24. The second-order valence-corrected chi connectivity index (χ2v) is 2.86. The fourth-order valence-corrected chi connectivity index (χ4v) is 0.922. The third-order valence-electron chi connectivity index (χ3n) is 1.41. The highest BCUT2D eigenvalue weighted by Gasteiger charge is 2.35. The van der Waals surface area contributed by atoms with Gasteiger partial charge in [-0.1, -0.05) is 0 Å². The van der Waals surface area contributed by atoms with Gasteiger partial charge in [0, 0.05) is 6.42 Å². The Kier molecular flexibility index (Phi) is 5.14. The number of nitrogens with two attached hydrogens (primary N) is 1. The first-order valence-corrected chi connectivity index (χ1v) is 3.86. The molecule has 0 aliphatic heterocycles. The summed E-state index contributed by atoms with van der Waals surface area (Å²) in [5.41, 5.74) is 1.95. The smallest absolute Gasteiger partial charge is 0.271 e. The zero-order chi connectivity index (χ0) is 9.61. The maximum atomic E-state index is 12.4. The Morgan fingerprint density at radius 2 is 2.25 bits per heavy atom. The second-order valence-electron chi connectivity index (χ2n) is 2.36. The molecular formula is C7H11ClF2N2. The number of alkyl halides is 3. The summed E-state index contributed by atoms with van der Waals surface area (Å²) in [5, 5.41) is -3.32. The van der Waals surface area contributed by atoms with Crippen molar-refractivity contribution in [1.29, 1.82) is 0 Å². The molecule has 0 radical (unpaired) electrons. The van der Waals surface area contributed by atoms with E-state index in [9.17, 15) is 8.78 Å². The van der Waals surface area contributed by atoms with Gasteiger partial charge in [0.1, 0.15) is 0 Å². The van der Waals surface area contributed by atoms with E-state index in [1.165, 1.54) is 0 Å². The first kappa shape index (κ1) is 11.6. The lowest BCUT2D eigenvalue weighted by Gasteiger charge is -2.19. The van der Waals surface area contributed by atoms with E-state index < -0.39 is 11.4 Å². The van der Waals surface area contributed by atoms with Crippen LogP contribution in [0.25, 0.3) is 0 Å². The Bertz CT molecular complexity index is 162. The zero-order valence-electron chi connectivity index (χ0n) is 6.49. The lowest BCUT2D eigenvalue weighted by Crippen LogP contribution is -2.45. The number of hydrazine groups is 1. The highest BCUT2D eigenvalue weighted by Crippen LogP contribution is 2.26. The van der Waals surface area contributed by atoms with Crippen LogP contribution in [0.5, 0.6) is 0 Å². The standard InChI is InChI=1S/C7H11ClF2N2/c1-2-3-4-5-6(12-11)7(8,9)10/h1,6,12H,3-5,11H2. The summed E-state index contributed by atoms with van der Waals surface area (Å²) in [6.07, 6.45) is 6.04. The molecule has 12 heavy (non-hydrogen) atoms. The Labute approximate surface area is 75.4 Å². The van der Waals surface area contributed by atoms with Gasteiger partial charge in [-0.05, 0) is 24.4 Å². The first-order chi connectivity index (χ1) is 5.52. The van der Waals surface area contributed by atoms with E-state index in [4.69, 9.17) is 23.9 Å². The minimum atomic E-state index is -3.32. The molecule has 0 spiro atoms. The molecule has 0 aromatic heterocycles. The summed E-state index contributed by atoms with van der Waals surface area (Å²) < 4.78 is 24.8. The van der Waals surface area contributed by atoms with E-state index in [0.717, 1.165) is 0 Å². The number of hydrogen-bond acceptors (Lipinski definition) is 2. The van der Waals surface area contributed by atoms with Gasteiger partial charge in [0.15, 0.2) is 0 Å². The van der Waals surface area contributed by atoms with E-state index in [1.807, 2.05) is 5.43 Å². The number of rotatable bonds is 5. The molecule has 1 unspecified atom stereocenters. The molecule has 0 aromatic rings. The summed E-state index contributed by atoms with van der Waals surface area (Å²) in [7, 11) is 0. The number of halogens is 3. The summed E-state index contributed by atoms with van der Waals surface area (Å²) in [6, 6.07) is -1.22. The second kappa shape index (κ2) is 5.31. The third kappa shape index (κ3) is 4.50. The summed E-state index contributed by atoms with van der Waals surface area (Å²) in [4.78, 5) is 0. The first-order valence-electron chi connectivity index (χ1n) is 3.48. The van der Waals surface area contributed by atoms with Crippen molar-refractivity contribution in [2.24, 2.45) is 5.84 Å². The normalized spacial score (nSPS) is 13.9. The number of terminal acetylenes is 1. The van der Waals surface area contributed by atoms with Crippen molar-refractivity contribution in [3.63, 3.8) is 0 Å². The van der Waals surface area contributed by atoms with Crippen molar-refractivity contribution >= 4 is 11.6 Å². The minimum absolute atomic E-state index is 0.164. The molecular weight excluding hydrogens is 186 g/mol. The number of unbranched alkanes of at least 4 members (excludes halogenated alkanes) is 1. The van der Waals surface area contributed by atoms with Crippen molar-refractivity contribution in [3.8, 4) is 12.3 Å². The van der Waals surface area contributed by atoms with Crippen molar-refractivity contribution in [2.75, 3.05) is 0 Å². The van der Waals surface area contributed by atoms with Crippen molar-refractivity contribution in [3.05, 3.63) is 0 Å². The van der Waals surface area contributed by atoms with Gasteiger partial charge >= 0.3 is 5.38 Å². The fourth-order valence-electron chi connectivity index (χ4n) is 0.750. The molecule has 0 aliphatic rings. The summed E-state index contributed by atoms with van der Waals surface area (Å²) in [5.74, 6) is 7.22. The van der Waals surface area contributed by atoms with Gasteiger partial charge < -0.3 is 0 Å². The van der Waals surface area contributed by atoms with Gasteiger partial charge in [-0.15, -0.1) is 12.3 Å². The molecule has 2 nitrogen and oxygen atoms in total. The van der Waals surface area contributed by atoms with Crippen LogP contribution in [0.3, 0.4) is 0 Å². The molecule has 0 aliphatic carbocycles. The van der Waals surface area contributed by atoms with E-state index in [0.29, 0.717) is 12.8 Å². The lowest BCUT2D eigenvalue weighted by atomic mass is 10.1. The van der Waals surface area contributed by atoms with E-state index in [-0.39, 0.29) is 6.42 Å². The monoisotopic (exact) mass is 196 g/mol. The molecule has 0 rings (SSSR count). The lowest BCUT2D eigenvalue weighted by molar-refractivity contribution is 0.0460. The molecule has 3 N–H and O–H groups in total. The van der Waals surface area contributed by atoms with Crippen molar-refractivity contribution < 1.29 is 8.78 Å². The third-order valence-corrected chi connectivity index (χ3v) is 1.67. The molecule has 0 saturated heterocycles. The maximum absolute atomic E-state index is 12.4. The topological polar surface area (TPSA) is 38.0 Å². The van der Waals surface area contributed by atoms with Crippen LogP contribution in [-0.4, -0.2) is 11.4 Å². The number of hydrogen-bond donors (Lipinski definition) is 2. The van der Waals surface area contributed by atoms with E-state index in [2.05, 4.69) is 5.92 Å². The fraction of sp³-hybridized carbons (Fsp3) is 0.714. The van der Waals surface area contributed by atoms with Gasteiger partial charge in [-0.3, -0.25) is 5.84 Å². The van der Waals surface area contributed by atoms with E-state index >= 15 is 0 Å². The van der Waals surface area contributed by atoms with Crippen LogP contribution >= 0.6 is 11.6 Å². The molecule has 0 amide bonds. The van der Waals surface area contributed by atoms with Crippen LogP contribution in [0.15, 0.2) is 0 Å². The minimum Gasteiger partial charge on any atom is -0.271 e. The molecule has 0 aromatic carbocycles. The van der Waals surface area contributed by atoms with Crippen LogP contribution in [0.2, 0.25) is 0 Å². The Balaban J connectivity index is 3.78. The average Bonchev–Trinajstić information content (AvgIpc) is 1.95. The van der Waals surface area contributed by atoms with Crippen molar-refractivity contribution in [1.82, 2.24) is 5.43 Å². The quantitative estimate of drug-likeness (QED) is 0.230. The van der Waals surface area contributed by atoms with Gasteiger partial charge in [0.05, 0.1) is 6.04 Å². The van der Waals surface area contributed by atoms with Gasteiger partial charge in [-0.2, -0.15) is 8.78 Å². The van der Waals surface area contributed by atoms with Crippen LogP contribution in [0.1, 0.15) is 19.3 Å². The Morgan fingerprint density at radius 1 is 1.67 bits per heavy atom. The SMILES string of the molecule is C#CCCCC(NN)C(F)(F)Cl. The highest BCUT2D eigenvalue weighted by molar-refractivity contribution is 6.22. The van der Waals surface area contributed by atoms with Crippen LogP contribution < -0.4 is 11.3 Å². The molecule has 0 fully saturated rings. The Hall–Kier alpha value is -0.370. The molecule has 0 saturated carbocycles. The van der Waals surface area contributed by atoms with Crippen LogP contribution in [-0.2, 0) is 0 Å². The maximum Gasteiger partial charge on any atom is 0.338 e. The molecule has 0 heterocycles. The molecule has 70 valence electrons. The van der Waals surface area contributed by atoms with Gasteiger partial charge in [-0.25, -0.2) is 5.43 Å². The number of nitrogens with one attached hydrogen (secondary N) is 1. The van der Waals surface area contributed by atoms with Gasteiger partial charge in [0.2, 0.25) is 0 Å². The van der Waals surface area contributed by atoms with E-state index in [1.54, 1.807) is 0 Å². The summed E-state index contributed by atoms with van der Waals surface area (Å²) in [6.45, 7) is 0. The molecule has 1 atom stereocenters. The predicted molar refractivity (Wildman–Crippen MR) is 44.6 cm³/mol. The summed E-state index contributed by atoms with van der Waals surface area (Å²) >= 11 is 4.75. The Morgan fingerprint density at radius 3 is 2.58 bits per heavy atom. The van der Waals surface area contributed by atoms with Crippen LogP contribution in [0, 0.1) is 12.3 Å². The average molecular weight is 197 g/mol. The molecule has 0 bridgehead atoms. The van der Waals surface area contributed by atoms with Crippen molar-refractivity contribution in [2.45, 2.75) is 30.7 Å². The predicted octanol–water partition coefficient (Wildman–Crippen LogP) is 1.45.